The predicted molar refractivity (Wildman–Crippen MR) is 168 cm³/mol. The average Bonchev–Trinajstić information content (AvgIpc) is 3.45. The Labute approximate surface area is 254 Å². The molecular weight excluding hydrogens is 570 g/mol. The third-order valence-corrected chi connectivity index (χ3v) is 9.93. The summed E-state index contributed by atoms with van der Waals surface area (Å²) >= 11 is 6.49. The molecule has 3 aromatic carbocycles. The molecule has 0 aliphatic heterocycles. The summed E-state index contributed by atoms with van der Waals surface area (Å²) < 4.78 is 29.3. The van der Waals surface area contributed by atoms with Gasteiger partial charge in [-0.2, -0.15) is 0 Å². The van der Waals surface area contributed by atoms with Gasteiger partial charge >= 0.3 is 0 Å². The minimum Gasteiger partial charge on any atom is -0.352 e. The third kappa shape index (κ3) is 7.53. The van der Waals surface area contributed by atoms with Crippen LogP contribution in [-0.4, -0.2) is 43.8 Å². The van der Waals surface area contributed by atoms with Crippen LogP contribution in [0, 0.1) is 20.8 Å². The normalized spacial score (nSPS) is 14.4. The second-order valence-corrected chi connectivity index (χ2v) is 13.5. The highest BCUT2D eigenvalue weighted by atomic mass is 35.5. The number of benzene rings is 3. The minimum absolute atomic E-state index is 0.0698. The first-order valence-corrected chi connectivity index (χ1v) is 16.3. The van der Waals surface area contributed by atoms with E-state index < -0.39 is 28.5 Å². The molecule has 224 valence electrons. The lowest BCUT2D eigenvalue weighted by Crippen LogP contribution is -2.53. The number of hydrogen-bond donors (Lipinski definition) is 1. The monoisotopic (exact) mass is 609 g/mol. The molecule has 0 bridgehead atoms. The summed E-state index contributed by atoms with van der Waals surface area (Å²) in [5.41, 5.74) is 3.74. The van der Waals surface area contributed by atoms with Gasteiger partial charge in [0.05, 0.1) is 10.6 Å². The van der Waals surface area contributed by atoms with E-state index in [2.05, 4.69) is 5.32 Å². The van der Waals surface area contributed by atoms with Crippen LogP contribution in [0.4, 0.5) is 5.69 Å². The molecule has 2 amide bonds. The number of nitrogens with zero attached hydrogens (tertiary/aromatic N) is 2. The molecular formula is C33H40ClN3O4S. The van der Waals surface area contributed by atoms with E-state index in [0.717, 1.165) is 46.7 Å². The van der Waals surface area contributed by atoms with Crippen LogP contribution in [0.5, 0.6) is 0 Å². The number of rotatable bonds is 11. The first-order chi connectivity index (χ1) is 20.0. The van der Waals surface area contributed by atoms with Crippen LogP contribution in [0.2, 0.25) is 5.02 Å². The topological polar surface area (TPSA) is 86.8 Å². The van der Waals surface area contributed by atoms with Crippen LogP contribution in [0.15, 0.2) is 71.6 Å². The number of amides is 2. The van der Waals surface area contributed by atoms with Gasteiger partial charge in [0.1, 0.15) is 12.6 Å². The Balaban J connectivity index is 1.75. The van der Waals surface area contributed by atoms with Crippen LogP contribution < -0.4 is 9.62 Å². The van der Waals surface area contributed by atoms with Crippen LogP contribution in [-0.2, 0) is 26.2 Å². The van der Waals surface area contributed by atoms with Gasteiger partial charge in [-0.25, -0.2) is 8.42 Å². The molecule has 1 N–H and O–H groups in total. The van der Waals surface area contributed by atoms with Crippen LogP contribution in [0.3, 0.4) is 0 Å². The Morgan fingerprint density at radius 3 is 2.14 bits per heavy atom. The van der Waals surface area contributed by atoms with Crippen molar-refractivity contribution in [2.24, 2.45) is 0 Å². The Morgan fingerprint density at radius 2 is 1.55 bits per heavy atom. The highest BCUT2D eigenvalue weighted by Crippen LogP contribution is 2.28. The fourth-order valence-corrected chi connectivity index (χ4v) is 7.15. The van der Waals surface area contributed by atoms with Crippen molar-refractivity contribution in [1.82, 2.24) is 10.2 Å². The van der Waals surface area contributed by atoms with Gasteiger partial charge in [0.2, 0.25) is 11.8 Å². The highest BCUT2D eigenvalue weighted by molar-refractivity contribution is 7.92. The van der Waals surface area contributed by atoms with Gasteiger partial charge in [0.25, 0.3) is 10.0 Å². The summed E-state index contributed by atoms with van der Waals surface area (Å²) in [6.45, 7) is 7.11. The number of nitrogens with one attached hydrogen (secondary N) is 1. The van der Waals surface area contributed by atoms with Gasteiger partial charge in [0.15, 0.2) is 0 Å². The quantitative estimate of drug-likeness (QED) is 0.275. The Morgan fingerprint density at radius 1 is 0.929 bits per heavy atom. The molecule has 0 saturated heterocycles. The first-order valence-electron chi connectivity index (χ1n) is 14.5. The zero-order chi connectivity index (χ0) is 30.4. The van der Waals surface area contributed by atoms with Crippen LogP contribution in [0.25, 0.3) is 0 Å². The molecule has 0 heterocycles. The lowest BCUT2D eigenvalue weighted by Gasteiger charge is -2.34. The smallest absolute Gasteiger partial charge is 0.264 e. The lowest BCUT2D eigenvalue weighted by molar-refractivity contribution is -0.140. The zero-order valence-corrected chi connectivity index (χ0v) is 26.3. The van der Waals surface area contributed by atoms with Crippen molar-refractivity contribution in [1.29, 1.82) is 0 Å². The Bertz CT molecular complexity index is 1500. The fourth-order valence-electron chi connectivity index (χ4n) is 5.56. The molecule has 1 atom stereocenters. The maximum absolute atomic E-state index is 14.3. The van der Waals surface area contributed by atoms with E-state index in [1.807, 2.05) is 45.9 Å². The Hall–Kier alpha value is -3.36. The number of halogens is 1. The number of sulfonamides is 1. The minimum atomic E-state index is -4.13. The molecule has 1 aliphatic rings. The number of aryl methyl sites for hydroxylation is 3. The van der Waals surface area contributed by atoms with Gasteiger partial charge in [-0.3, -0.25) is 13.9 Å². The van der Waals surface area contributed by atoms with E-state index in [0.29, 0.717) is 22.7 Å². The second-order valence-electron chi connectivity index (χ2n) is 11.2. The summed E-state index contributed by atoms with van der Waals surface area (Å²) in [5, 5.41) is 3.60. The molecule has 4 rings (SSSR count). The summed E-state index contributed by atoms with van der Waals surface area (Å²) in [6, 6.07) is 18.5. The number of anilines is 1. The van der Waals surface area contributed by atoms with E-state index in [-0.39, 0.29) is 23.4 Å². The van der Waals surface area contributed by atoms with Crippen molar-refractivity contribution in [3.05, 3.63) is 94.0 Å². The summed E-state index contributed by atoms with van der Waals surface area (Å²) in [4.78, 5) is 29.4. The maximum atomic E-state index is 14.3. The van der Waals surface area contributed by atoms with Crippen LogP contribution in [0.1, 0.15) is 61.3 Å². The van der Waals surface area contributed by atoms with Crippen molar-refractivity contribution in [2.75, 3.05) is 10.8 Å². The molecule has 0 spiro atoms. The molecule has 0 unspecified atom stereocenters. The molecule has 1 fully saturated rings. The van der Waals surface area contributed by atoms with Gasteiger partial charge < -0.3 is 10.2 Å². The molecule has 9 heteroatoms. The first kappa shape index (κ1) is 31.6. The molecule has 0 radical (unpaired) electrons. The number of carbonyl (C=O) groups excluding carboxylic acids is 2. The maximum Gasteiger partial charge on any atom is 0.264 e. The molecule has 1 aliphatic carbocycles. The van der Waals surface area contributed by atoms with E-state index in [1.165, 1.54) is 4.90 Å². The van der Waals surface area contributed by atoms with Crippen molar-refractivity contribution in [2.45, 2.75) is 83.3 Å². The second kappa shape index (κ2) is 13.7. The van der Waals surface area contributed by atoms with E-state index in [1.54, 1.807) is 48.5 Å². The average molecular weight is 610 g/mol. The van der Waals surface area contributed by atoms with E-state index >= 15 is 0 Å². The van der Waals surface area contributed by atoms with Gasteiger partial charge in [0, 0.05) is 17.6 Å². The highest BCUT2D eigenvalue weighted by Gasteiger charge is 2.35. The van der Waals surface area contributed by atoms with E-state index in [9.17, 15) is 18.0 Å². The van der Waals surface area contributed by atoms with Crippen LogP contribution >= 0.6 is 11.6 Å². The van der Waals surface area contributed by atoms with Gasteiger partial charge in [-0.15, -0.1) is 0 Å². The largest absolute Gasteiger partial charge is 0.352 e. The fraction of sp³-hybridized carbons (Fsp3) is 0.394. The molecule has 42 heavy (non-hydrogen) atoms. The Kier molecular flexibility index (Phi) is 10.3. The molecule has 3 aromatic rings. The number of carbonyl (C=O) groups is 2. The predicted octanol–water partition coefficient (Wildman–Crippen LogP) is 6.33. The van der Waals surface area contributed by atoms with Gasteiger partial charge in [-0.1, -0.05) is 73.3 Å². The molecule has 7 nitrogen and oxygen atoms in total. The van der Waals surface area contributed by atoms with Gasteiger partial charge in [-0.05, 0) is 87.1 Å². The van der Waals surface area contributed by atoms with Crippen molar-refractivity contribution >= 4 is 39.1 Å². The lowest BCUT2D eigenvalue weighted by atomic mass is 10.1. The molecule has 0 aromatic heterocycles. The standard InChI is InChI=1S/C33H40ClN3O4S/c1-5-31(33(39)35-27-11-7-8-12-27)36(21-26-10-6-9-13-30(26)34)32(38)22-37(28-19-24(3)18-25(4)20-28)42(40,41)29-16-14-23(2)15-17-29/h6,9-10,13-20,27,31H,5,7-8,11-12,21-22H2,1-4H3,(H,35,39)/t31-/m0/s1. The van der Waals surface area contributed by atoms with Crippen molar-refractivity contribution < 1.29 is 18.0 Å². The summed E-state index contributed by atoms with van der Waals surface area (Å²) in [7, 11) is -4.13. The molecule has 1 saturated carbocycles. The van der Waals surface area contributed by atoms with Crippen molar-refractivity contribution in [3.8, 4) is 0 Å². The third-order valence-electron chi connectivity index (χ3n) is 7.77. The summed E-state index contributed by atoms with van der Waals surface area (Å²) in [6.07, 6.45) is 4.31. The zero-order valence-electron chi connectivity index (χ0n) is 24.8. The van der Waals surface area contributed by atoms with Crippen molar-refractivity contribution in [3.63, 3.8) is 0 Å². The van der Waals surface area contributed by atoms with E-state index in [4.69, 9.17) is 11.6 Å². The summed E-state index contributed by atoms with van der Waals surface area (Å²) in [5.74, 6) is -0.720. The number of hydrogen-bond acceptors (Lipinski definition) is 4. The SMILES string of the molecule is CC[C@@H](C(=O)NC1CCCC1)N(Cc1ccccc1Cl)C(=O)CN(c1cc(C)cc(C)c1)S(=O)(=O)c1ccc(C)cc1.